The van der Waals surface area contributed by atoms with E-state index in [1.54, 1.807) is 14.2 Å². The second kappa shape index (κ2) is 7.81. The Morgan fingerprint density at radius 1 is 1.19 bits per heavy atom. The van der Waals surface area contributed by atoms with Crippen LogP contribution in [0.15, 0.2) is 24.3 Å². The van der Waals surface area contributed by atoms with Crippen molar-refractivity contribution in [3.63, 3.8) is 0 Å². The third kappa shape index (κ3) is 3.98. The minimum atomic E-state index is 0.201. The Labute approximate surface area is 129 Å². The molecule has 1 aromatic carbocycles. The number of nitrogens with one attached hydrogen (secondary N) is 1. The van der Waals surface area contributed by atoms with Crippen LogP contribution in [0.4, 0.5) is 0 Å². The van der Waals surface area contributed by atoms with Gasteiger partial charge in [0.05, 0.1) is 13.7 Å². The number of hydrogen-bond acceptors (Lipinski definition) is 3. The van der Waals surface area contributed by atoms with Crippen LogP contribution in [0.3, 0.4) is 0 Å². The fourth-order valence-electron chi connectivity index (χ4n) is 3.44. The number of rotatable bonds is 7. The molecule has 0 unspecified atom stereocenters. The predicted octanol–water partition coefficient (Wildman–Crippen LogP) is 3.38. The molecule has 21 heavy (non-hydrogen) atoms. The van der Waals surface area contributed by atoms with Gasteiger partial charge in [-0.3, -0.25) is 0 Å². The molecule has 1 N–H and O–H groups in total. The highest BCUT2D eigenvalue weighted by Gasteiger charge is 2.37. The second-order valence-corrected chi connectivity index (χ2v) is 6.33. The highest BCUT2D eigenvalue weighted by Crippen LogP contribution is 2.44. The first-order chi connectivity index (χ1) is 10.2. The quantitative estimate of drug-likeness (QED) is 0.781. The van der Waals surface area contributed by atoms with Crippen LogP contribution in [-0.2, 0) is 10.2 Å². The fourth-order valence-corrected chi connectivity index (χ4v) is 3.44. The smallest absolute Gasteiger partial charge is 0.122 e. The Balaban J connectivity index is 2.18. The summed E-state index contributed by atoms with van der Waals surface area (Å²) in [5.41, 5.74) is 1.57. The Morgan fingerprint density at radius 2 is 1.90 bits per heavy atom. The molecular weight excluding hydrogens is 262 g/mol. The van der Waals surface area contributed by atoms with Gasteiger partial charge in [-0.1, -0.05) is 25.1 Å². The molecule has 0 amide bonds. The molecule has 0 aromatic heterocycles. The second-order valence-electron chi connectivity index (χ2n) is 6.33. The van der Waals surface area contributed by atoms with E-state index >= 15 is 0 Å². The summed E-state index contributed by atoms with van der Waals surface area (Å²) >= 11 is 0. The topological polar surface area (TPSA) is 30.5 Å². The molecule has 2 rings (SSSR count). The highest BCUT2D eigenvalue weighted by molar-refractivity contribution is 5.40. The van der Waals surface area contributed by atoms with Gasteiger partial charge >= 0.3 is 0 Å². The maximum absolute atomic E-state index is 5.63. The lowest BCUT2D eigenvalue weighted by Gasteiger charge is -2.41. The summed E-state index contributed by atoms with van der Waals surface area (Å²) < 4.78 is 10.8. The third-order valence-electron chi connectivity index (χ3n) is 4.86. The number of para-hydroxylation sites is 1. The van der Waals surface area contributed by atoms with Crippen LogP contribution in [-0.4, -0.2) is 33.9 Å². The van der Waals surface area contributed by atoms with E-state index in [0.29, 0.717) is 0 Å². The minimum absolute atomic E-state index is 0.201. The highest BCUT2D eigenvalue weighted by atomic mass is 16.5. The fraction of sp³-hybridized carbons (Fsp3) is 0.667. The van der Waals surface area contributed by atoms with Gasteiger partial charge in [0.1, 0.15) is 5.75 Å². The summed E-state index contributed by atoms with van der Waals surface area (Å²) in [6, 6.07) is 8.52. The van der Waals surface area contributed by atoms with E-state index in [-0.39, 0.29) is 5.41 Å². The molecule has 0 saturated heterocycles. The zero-order valence-corrected chi connectivity index (χ0v) is 13.7. The molecule has 0 radical (unpaired) electrons. The first kappa shape index (κ1) is 16.3. The summed E-state index contributed by atoms with van der Waals surface area (Å²) in [4.78, 5) is 0. The molecule has 3 heteroatoms. The zero-order valence-electron chi connectivity index (χ0n) is 13.7. The molecule has 0 aliphatic heterocycles. The van der Waals surface area contributed by atoms with Gasteiger partial charge in [0.25, 0.3) is 0 Å². The standard InChI is InChI=1S/C18H29NO2/c1-15-8-10-18(11-9-15,14-19-12-13-20-2)16-6-4-5-7-17(16)21-3/h4-7,15,19H,8-14H2,1-3H3. The molecule has 3 nitrogen and oxygen atoms in total. The molecule has 0 heterocycles. The van der Waals surface area contributed by atoms with Crippen molar-refractivity contribution in [2.75, 3.05) is 33.9 Å². The normalized spacial score (nSPS) is 25.8. The summed E-state index contributed by atoms with van der Waals surface area (Å²) in [5, 5.41) is 3.58. The molecule has 0 atom stereocenters. The molecule has 0 spiro atoms. The Bertz CT molecular complexity index is 425. The molecule has 118 valence electrons. The average Bonchev–Trinajstić information content (AvgIpc) is 2.54. The lowest BCUT2D eigenvalue weighted by Crippen LogP contribution is -2.42. The van der Waals surface area contributed by atoms with E-state index < -0.39 is 0 Å². The predicted molar refractivity (Wildman–Crippen MR) is 87.0 cm³/mol. The minimum Gasteiger partial charge on any atom is -0.496 e. The van der Waals surface area contributed by atoms with Crippen molar-refractivity contribution in [3.8, 4) is 5.75 Å². The van der Waals surface area contributed by atoms with E-state index in [2.05, 4.69) is 36.5 Å². The van der Waals surface area contributed by atoms with Crippen molar-refractivity contribution in [1.82, 2.24) is 5.32 Å². The van der Waals surface area contributed by atoms with Gasteiger partial charge in [0.15, 0.2) is 0 Å². The summed E-state index contributed by atoms with van der Waals surface area (Å²) in [7, 11) is 3.52. The van der Waals surface area contributed by atoms with E-state index in [9.17, 15) is 0 Å². The van der Waals surface area contributed by atoms with Gasteiger partial charge in [-0.05, 0) is 37.7 Å². The van der Waals surface area contributed by atoms with Crippen LogP contribution in [0.25, 0.3) is 0 Å². The van der Waals surface area contributed by atoms with Gasteiger partial charge in [-0.25, -0.2) is 0 Å². The Morgan fingerprint density at radius 3 is 2.57 bits per heavy atom. The van der Waals surface area contributed by atoms with Gasteiger partial charge in [-0.15, -0.1) is 0 Å². The summed E-state index contributed by atoms with van der Waals surface area (Å²) in [6.07, 6.45) is 5.05. The third-order valence-corrected chi connectivity index (χ3v) is 4.86. The van der Waals surface area contributed by atoms with Crippen LogP contribution in [0.2, 0.25) is 0 Å². The maximum atomic E-state index is 5.63. The van der Waals surface area contributed by atoms with Crippen LogP contribution in [0.1, 0.15) is 38.2 Å². The number of hydrogen-bond donors (Lipinski definition) is 1. The first-order valence-corrected chi connectivity index (χ1v) is 8.05. The zero-order chi connectivity index (χ0) is 15.1. The summed E-state index contributed by atoms with van der Waals surface area (Å²) in [6.45, 7) is 5.04. The molecule has 1 aromatic rings. The van der Waals surface area contributed by atoms with Crippen molar-refractivity contribution in [2.24, 2.45) is 5.92 Å². The summed E-state index contributed by atoms with van der Waals surface area (Å²) in [5.74, 6) is 1.87. The molecular formula is C18H29NO2. The van der Waals surface area contributed by atoms with Crippen LogP contribution in [0, 0.1) is 5.92 Å². The Kier molecular flexibility index (Phi) is 6.07. The first-order valence-electron chi connectivity index (χ1n) is 8.05. The van der Waals surface area contributed by atoms with Crippen molar-refractivity contribution >= 4 is 0 Å². The van der Waals surface area contributed by atoms with E-state index in [4.69, 9.17) is 9.47 Å². The van der Waals surface area contributed by atoms with Crippen molar-refractivity contribution in [2.45, 2.75) is 38.0 Å². The van der Waals surface area contributed by atoms with Gasteiger partial charge in [0, 0.05) is 31.2 Å². The molecule has 1 fully saturated rings. The van der Waals surface area contributed by atoms with E-state index in [1.165, 1.54) is 31.2 Å². The monoisotopic (exact) mass is 291 g/mol. The van der Waals surface area contributed by atoms with Gasteiger partial charge in [-0.2, -0.15) is 0 Å². The maximum Gasteiger partial charge on any atom is 0.122 e. The van der Waals surface area contributed by atoms with E-state index in [1.807, 2.05) is 0 Å². The lowest BCUT2D eigenvalue weighted by molar-refractivity contribution is 0.186. The lowest BCUT2D eigenvalue weighted by atomic mass is 9.66. The van der Waals surface area contributed by atoms with Crippen molar-refractivity contribution < 1.29 is 9.47 Å². The van der Waals surface area contributed by atoms with Crippen LogP contribution >= 0.6 is 0 Å². The number of methoxy groups -OCH3 is 2. The molecule has 1 aliphatic rings. The van der Waals surface area contributed by atoms with Crippen LogP contribution in [0.5, 0.6) is 5.75 Å². The van der Waals surface area contributed by atoms with E-state index in [0.717, 1.165) is 31.4 Å². The van der Waals surface area contributed by atoms with Crippen molar-refractivity contribution in [3.05, 3.63) is 29.8 Å². The Hall–Kier alpha value is -1.06. The van der Waals surface area contributed by atoms with Crippen molar-refractivity contribution in [1.29, 1.82) is 0 Å². The number of benzene rings is 1. The largest absolute Gasteiger partial charge is 0.496 e. The molecule has 1 saturated carbocycles. The molecule has 1 aliphatic carbocycles. The molecule has 0 bridgehead atoms. The SMILES string of the molecule is COCCNCC1(c2ccccc2OC)CCC(C)CC1. The van der Waals surface area contributed by atoms with Gasteiger partial charge < -0.3 is 14.8 Å². The number of ether oxygens (including phenoxy) is 2. The van der Waals surface area contributed by atoms with Crippen LogP contribution < -0.4 is 10.1 Å². The van der Waals surface area contributed by atoms with Gasteiger partial charge in [0.2, 0.25) is 0 Å². The average molecular weight is 291 g/mol.